The summed E-state index contributed by atoms with van der Waals surface area (Å²) in [6, 6.07) is 34.1. The molecule has 3 heteroatoms. The summed E-state index contributed by atoms with van der Waals surface area (Å²) in [5.74, 6) is -0.203. The summed E-state index contributed by atoms with van der Waals surface area (Å²) < 4.78 is 14.5. The lowest BCUT2D eigenvalue weighted by molar-refractivity contribution is 0.628. The van der Waals surface area contributed by atoms with Crippen LogP contribution in [0.5, 0.6) is 0 Å². The molecule has 0 atom stereocenters. The molecule has 0 heterocycles. The van der Waals surface area contributed by atoms with Crippen LogP contribution in [0.2, 0.25) is 0 Å². The standard InChI is InChI=1S/C25H21FNP/c1-19-17-20(26)18-24(25(19)27-21-11-5-2-6-12-21)28(22-13-7-3-8-14-22)23-15-9-4-10-16-23/h2-18,27H,1H3. The molecule has 0 radical (unpaired) electrons. The first-order valence-electron chi connectivity index (χ1n) is 9.25. The van der Waals surface area contributed by atoms with Crippen molar-refractivity contribution in [3.8, 4) is 0 Å². The molecule has 0 spiro atoms. The van der Waals surface area contributed by atoms with Gasteiger partial charge in [-0.05, 0) is 55.3 Å². The molecule has 0 saturated heterocycles. The lowest BCUT2D eigenvalue weighted by Crippen LogP contribution is -2.23. The van der Waals surface area contributed by atoms with Crippen molar-refractivity contribution >= 4 is 35.2 Å². The smallest absolute Gasteiger partial charge is 0.124 e. The second-order valence-corrected chi connectivity index (χ2v) is 8.80. The molecule has 0 aliphatic heterocycles. The van der Waals surface area contributed by atoms with Crippen LogP contribution in [-0.4, -0.2) is 0 Å². The van der Waals surface area contributed by atoms with E-state index in [0.29, 0.717) is 0 Å². The minimum absolute atomic E-state index is 0.203. The van der Waals surface area contributed by atoms with Crippen molar-refractivity contribution in [3.05, 3.63) is 115 Å². The van der Waals surface area contributed by atoms with Gasteiger partial charge in [0, 0.05) is 11.0 Å². The SMILES string of the molecule is Cc1cc(F)cc(P(c2ccccc2)c2ccccc2)c1Nc1ccccc1. The molecule has 0 aliphatic carbocycles. The van der Waals surface area contributed by atoms with Gasteiger partial charge >= 0.3 is 0 Å². The van der Waals surface area contributed by atoms with E-state index in [4.69, 9.17) is 0 Å². The molecule has 28 heavy (non-hydrogen) atoms. The van der Waals surface area contributed by atoms with Crippen LogP contribution in [0.3, 0.4) is 0 Å². The third-order valence-electron chi connectivity index (χ3n) is 4.59. The van der Waals surface area contributed by atoms with Crippen LogP contribution in [0.25, 0.3) is 0 Å². The molecule has 0 amide bonds. The highest BCUT2D eigenvalue weighted by atomic mass is 31.1. The molecule has 4 aromatic rings. The topological polar surface area (TPSA) is 12.0 Å². The zero-order valence-electron chi connectivity index (χ0n) is 15.6. The first kappa shape index (κ1) is 18.4. The van der Waals surface area contributed by atoms with Crippen molar-refractivity contribution in [2.45, 2.75) is 6.92 Å². The molecular formula is C25H21FNP. The van der Waals surface area contributed by atoms with Gasteiger partial charge in [-0.3, -0.25) is 0 Å². The molecule has 0 unspecified atom stereocenters. The van der Waals surface area contributed by atoms with E-state index in [1.807, 2.05) is 73.7 Å². The summed E-state index contributed by atoms with van der Waals surface area (Å²) >= 11 is 0. The minimum Gasteiger partial charge on any atom is -0.355 e. The van der Waals surface area contributed by atoms with Gasteiger partial charge in [-0.15, -0.1) is 0 Å². The second-order valence-electron chi connectivity index (χ2n) is 6.61. The Labute approximate surface area is 166 Å². The summed E-state index contributed by atoms with van der Waals surface area (Å²) in [4.78, 5) is 0. The van der Waals surface area contributed by atoms with E-state index in [-0.39, 0.29) is 5.82 Å². The maximum absolute atomic E-state index is 14.5. The Hall–Kier alpha value is -2.96. The molecule has 0 aromatic heterocycles. The van der Waals surface area contributed by atoms with Crippen molar-refractivity contribution in [2.24, 2.45) is 0 Å². The van der Waals surface area contributed by atoms with E-state index in [2.05, 4.69) is 29.6 Å². The van der Waals surface area contributed by atoms with E-state index in [9.17, 15) is 4.39 Å². The van der Waals surface area contributed by atoms with Crippen LogP contribution in [0.4, 0.5) is 15.8 Å². The molecule has 4 rings (SSSR count). The Morgan fingerprint density at radius 3 is 1.71 bits per heavy atom. The van der Waals surface area contributed by atoms with Gasteiger partial charge in [0.15, 0.2) is 0 Å². The predicted molar refractivity (Wildman–Crippen MR) is 120 cm³/mol. The molecule has 0 saturated carbocycles. The molecule has 1 nitrogen and oxygen atoms in total. The fourth-order valence-electron chi connectivity index (χ4n) is 3.31. The Balaban J connectivity index is 1.91. The Bertz CT molecular complexity index is 1010. The summed E-state index contributed by atoms with van der Waals surface area (Å²) in [6.07, 6.45) is 0. The Morgan fingerprint density at radius 1 is 0.679 bits per heavy atom. The van der Waals surface area contributed by atoms with E-state index < -0.39 is 7.92 Å². The van der Waals surface area contributed by atoms with Crippen molar-refractivity contribution in [1.29, 1.82) is 0 Å². The highest BCUT2D eigenvalue weighted by Crippen LogP contribution is 2.38. The van der Waals surface area contributed by atoms with E-state index in [0.717, 1.165) is 22.2 Å². The lowest BCUT2D eigenvalue weighted by Gasteiger charge is -2.24. The lowest BCUT2D eigenvalue weighted by atomic mass is 10.2. The van der Waals surface area contributed by atoms with Crippen LogP contribution in [0.15, 0.2) is 103 Å². The number of hydrogen-bond acceptors (Lipinski definition) is 1. The Morgan fingerprint density at radius 2 is 1.18 bits per heavy atom. The minimum atomic E-state index is -0.898. The number of benzene rings is 4. The number of rotatable bonds is 5. The van der Waals surface area contributed by atoms with Gasteiger partial charge in [0.2, 0.25) is 0 Å². The van der Waals surface area contributed by atoms with Crippen molar-refractivity contribution in [3.63, 3.8) is 0 Å². The highest BCUT2D eigenvalue weighted by molar-refractivity contribution is 7.80. The number of para-hydroxylation sites is 1. The fourth-order valence-corrected chi connectivity index (χ4v) is 5.81. The van der Waals surface area contributed by atoms with Gasteiger partial charge in [-0.25, -0.2) is 4.39 Å². The maximum Gasteiger partial charge on any atom is 0.124 e. The Kier molecular flexibility index (Phi) is 5.50. The number of anilines is 2. The fraction of sp³-hybridized carbons (Fsp3) is 0.0400. The largest absolute Gasteiger partial charge is 0.355 e. The van der Waals surface area contributed by atoms with Gasteiger partial charge in [0.05, 0.1) is 5.69 Å². The second kappa shape index (κ2) is 8.37. The van der Waals surface area contributed by atoms with Crippen LogP contribution in [0, 0.1) is 12.7 Å². The molecule has 0 fully saturated rings. The van der Waals surface area contributed by atoms with Crippen LogP contribution in [-0.2, 0) is 0 Å². The first-order chi connectivity index (χ1) is 13.7. The monoisotopic (exact) mass is 385 g/mol. The molecule has 0 bridgehead atoms. The summed E-state index contributed by atoms with van der Waals surface area (Å²) in [5.41, 5.74) is 2.87. The number of hydrogen-bond donors (Lipinski definition) is 1. The van der Waals surface area contributed by atoms with Gasteiger partial charge in [0.1, 0.15) is 5.82 Å². The average molecular weight is 385 g/mol. The predicted octanol–water partition coefficient (Wildman–Crippen LogP) is 5.64. The van der Waals surface area contributed by atoms with Crippen LogP contribution >= 0.6 is 7.92 Å². The quantitative estimate of drug-likeness (QED) is 0.439. The number of nitrogens with one attached hydrogen (secondary N) is 1. The summed E-state index contributed by atoms with van der Waals surface area (Å²) in [5, 5.41) is 6.93. The van der Waals surface area contributed by atoms with E-state index >= 15 is 0 Å². The average Bonchev–Trinajstić information content (AvgIpc) is 2.73. The van der Waals surface area contributed by atoms with Gasteiger partial charge in [-0.1, -0.05) is 78.9 Å². The zero-order chi connectivity index (χ0) is 19.3. The first-order valence-corrected chi connectivity index (χ1v) is 10.6. The summed E-state index contributed by atoms with van der Waals surface area (Å²) in [6.45, 7) is 1.96. The van der Waals surface area contributed by atoms with Gasteiger partial charge in [0.25, 0.3) is 0 Å². The molecule has 0 aliphatic rings. The third kappa shape index (κ3) is 3.98. The van der Waals surface area contributed by atoms with Crippen LogP contribution in [0.1, 0.15) is 5.56 Å². The van der Waals surface area contributed by atoms with E-state index in [1.165, 1.54) is 10.6 Å². The zero-order valence-corrected chi connectivity index (χ0v) is 16.5. The molecule has 1 N–H and O–H groups in total. The molecular weight excluding hydrogens is 364 g/mol. The molecule has 4 aromatic carbocycles. The third-order valence-corrected chi connectivity index (χ3v) is 7.06. The van der Waals surface area contributed by atoms with Crippen molar-refractivity contribution in [2.75, 3.05) is 5.32 Å². The van der Waals surface area contributed by atoms with Crippen molar-refractivity contribution < 1.29 is 4.39 Å². The maximum atomic E-state index is 14.5. The normalized spacial score (nSPS) is 10.8. The number of aryl methyl sites for hydroxylation is 1. The van der Waals surface area contributed by atoms with Crippen LogP contribution < -0.4 is 21.2 Å². The summed E-state index contributed by atoms with van der Waals surface area (Å²) in [7, 11) is -0.898. The van der Waals surface area contributed by atoms with Gasteiger partial charge in [-0.2, -0.15) is 0 Å². The van der Waals surface area contributed by atoms with Crippen molar-refractivity contribution in [1.82, 2.24) is 0 Å². The molecule has 138 valence electrons. The van der Waals surface area contributed by atoms with E-state index in [1.54, 1.807) is 12.1 Å². The number of halogens is 1. The highest BCUT2D eigenvalue weighted by Gasteiger charge is 2.22. The van der Waals surface area contributed by atoms with Gasteiger partial charge < -0.3 is 5.32 Å².